The fourth-order valence-corrected chi connectivity index (χ4v) is 2.24. The van der Waals surface area contributed by atoms with E-state index >= 15 is 0 Å². The molecule has 0 amide bonds. The van der Waals surface area contributed by atoms with Crippen molar-refractivity contribution >= 4 is 16.8 Å². The largest absolute Gasteiger partial charge is 0.504 e. The summed E-state index contributed by atoms with van der Waals surface area (Å²) in [6, 6.07) is 6.40. The van der Waals surface area contributed by atoms with Crippen LogP contribution in [-0.2, 0) is 17.6 Å². The summed E-state index contributed by atoms with van der Waals surface area (Å²) < 4.78 is 20.0. The van der Waals surface area contributed by atoms with Gasteiger partial charge in [0.15, 0.2) is 16.5 Å². The van der Waals surface area contributed by atoms with E-state index in [0.717, 1.165) is 0 Å². The summed E-state index contributed by atoms with van der Waals surface area (Å²) in [7, 11) is 0. The van der Waals surface area contributed by atoms with Crippen LogP contribution >= 0.6 is 0 Å². The molecule has 1 aromatic heterocycles. The summed E-state index contributed by atoms with van der Waals surface area (Å²) in [6.07, 6.45) is 1.44. The molecule has 2 rings (SSSR count). The minimum atomic E-state index is -2.11. The van der Waals surface area contributed by atoms with Gasteiger partial charge in [0.25, 0.3) is 0 Å². The Balaban J connectivity index is 2.13. The second-order valence-corrected chi connectivity index (χ2v) is 5.12. The highest BCUT2D eigenvalue weighted by Crippen LogP contribution is 2.28. The van der Waals surface area contributed by atoms with Crippen molar-refractivity contribution in [3.05, 3.63) is 41.6 Å². The zero-order valence-corrected chi connectivity index (χ0v) is 11.5. The van der Waals surface area contributed by atoms with E-state index in [9.17, 15) is 14.4 Å². The van der Waals surface area contributed by atoms with Crippen molar-refractivity contribution in [2.24, 2.45) is 0 Å². The lowest BCUT2D eigenvalue weighted by Crippen LogP contribution is -2.03. The Morgan fingerprint density at radius 3 is 2.75 bits per heavy atom. The summed E-state index contributed by atoms with van der Waals surface area (Å²) in [5.41, 5.74) is 1.79. The number of rotatable bonds is 4. The van der Waals surface area contributed by atoms with E-state index < -0.39 is 11.1 Å². The molecule has 0 aliphatic heterocycles. The number of benzene rings is 1. The number of para-hydroxylation sites is 1. The first-order valence-electron chi connectivity index (χ1n) is 5.80. The lowest BCUT2D eigenvalue weighted by molar-refractivity contribution is 0.400. The molecule has 7 heteroatoms. The molecule has 106 valence electrons. The van der Waals surface area contributed by atoms with Gasteiger partial charge in [-0.25, -0.2) is 9.19 Å². The molecule has 0 radical (unpaired) electrons. The van der Waals surface area contributed by atoms with Crippen molar-refractivity contribution in [1.29, 1.82) is 0 Å². The molecule has 0 aliphatic rings. The Morgan fingerprint density at radius 1 is 1.35 bits per heavy atom. The standard InChI is InChI=1S/C13H14N2O4S/c1-8-5-10(7-15-13(8)20(18)19)14-6-9-3-2-4-11(16)12(9)17/h2-5,7,14,16-17H,6H2,1H3,(H,18,19). The Kier molecular flexibility index (Phi) is 4.21. The Hall–Kier alpha value is -2.12. The predicted octanol–water partition coefficient (Wildman–Crippen LogP) is 1.99. The summed E-state index contributed by atoms with van der Waals surface area (Å²) in [5, 5.41) is 22.2. The molecule has 1 aromatic carbocycles. The average molecular weight is 294 g/mol. The van der Waals surface area contributed by atoms with E-state index in [2.05, 4.69) is 10.3 Å². The van der Waals surface area contributed by atoms with E-state index in [1.54, 1.807) is 25.1 Å². The highest BCUT2D eigenvalue weighted by atomic mass is 32.2. The molecule has 1 atom stereocenters. The van der Waals surface area contributed by atoms with Gasteiger partial charge in [-0.1, -0.05) is 12.1 Å². The lowest BCUT2D eigenvalue weighted by atomic mass is 10.2. The van der Waals surface area contributed by atoms with Gasteiger partial charge in [0, 0.05) is 12.1 Å². The maximum absolute atomic E-state index is 11.0. The van der Waals surface area contributed by atoms with Gasteiger partial charge in [0.2, 0.25) is 11.1 Å². The van der Waals surface area contributed by atoms with Gasteiger partial charge >= 0.3 is 0 Å². The molecule has 0 saturated carbocycles. The number of nitrogens with zero attached hydrogens (tertiary/aromatic N) is 1. The summed E-state index contributed by atoms with van der Waals surface area (Å²) >= 11 is -2.11. The molecule has 20 heavy (non-hydrogen) atoms. The number of aromatic hydroxyl groups is 2. The highest BCUT2D eigenvalue weighted by Gasteiger charge is 2.08. The number of phenolic OH excluding ortho intramolecular Hbond substituents is 2. The van der Waals surface area contributed by atoms with Gasteiger partial charge in [0.1, 0.15) is 0 Å². The third-order valence-electron chi connectivity index (χ3n) is 2.78. The monoisotopic (exact) mass is 294 g/mol. The molecule has 0 aliphatic carbocycles. The van der Waals surface area contributed by atoms with Gasteiger partial charge in [0.05, 0.1) is 11.9 Å². The van der Waals surface area contributed by atoms with Crippen molar-refractivity contribution in [2.75, 3.05) is 5.32 Å². The fraction of sp³-hybridized carbons (Fsp3) is 0.154. The van der Waals surface area contributed by atoms with Gasteiger partial charge < -0.3 is 20.1 Å². The minimum absolute atomic E-state index is 0.121. The van der Waals surface area contributed by atoms with Gasteiger partial charge in [-0.15, -0.1) is 0 Å². The molecular formula is C13H14N2O4S. The zero-order valence-electron chi connectivity index (χ0n) is 10.7. The zero-order chi connectivity index (χ0) is 14.7. The van der Waals surface area contributed by atoms with Gasteiger partial charge in [-0.2, -0.15) is 0 Å². The normalized spacial score (nSPS) is 12.1. The third kappa shape index (κ3) is 3.06. The molecule has 4 N–H and O–H groups in total. The van der Waals surface area contributed by atoms with Crippen LogP contribution in [0.25, 0.3) is 0 Å². The van der Waals surface area contributed by atoms with Crippen LogP contribution in [0.5, 0.6) is 11.5 Å². The van der Waals surface area contributed by atoms with Crippen molar-refractivity contribution in [2.45, 2.75) is 18.5 Å². The molecule has 1 heterocycles. The predicted molar refractivity (Wildman–Crippen MR) is 75.1 cm³/mol. The van der Waals surface area contributed by atoms with E-state index in [0.29, 0.717) is 23.4 Å². The van der Waals surface area contributed by atoms with Crippen LogP contribution in [0.1, 0.15) is 11.1 Å². The SMILES string of the molecule is Cc1cc(NCc2cccc(O)c2O)cnc1S(=O)O. The van der Waals surface area contributed by atoms with Gasteiger partial charge in [-0.05, 0) is 24.6 Å². The molecule has 0 bridgehead atoms. The number of hydrogen-bond acceptors (Lipinski definition) is 5. The van der Waals surface area contributed by atoms with E-state index in [4.69, 9.17) is 4.55 Å². The number of nitrogens with one attached hydrogen (secondary N) is 1. The third-order valence-corrected chi connectivity index (χ3v) is 3.54. The van der Waals surface area contributed by atoms with Crippen LogP contribution in [0.3, 0.4) is 0 Å². The van der Waals surface area contributed by atoms with Crippen LogP contribution in [0.2, 0.25) is 0 Å². The fourth-order valence-electron chi connectivity index (χ4n) is 1.76. The second-order valence-electron chi connectivity index (χ2n) is 4.23. The number of anilines is 1. The van der Waals surface area contributed by atoms with Crippen LogP contribution in [0, 0.1) is 6.92 Å². The second kappa shape index (κ2) is 5.89. The molecule has 1 unspecified atom stereocenters. The van der Waals surface area contributed by atoms with Crippen molar-refractivity contribution in [1.82, 2.24) is 4.98 Å². The summed E-state index contributed by atoms with van der Waals surface area (Å²) in [4.78, 5) is 3.91. The quantitative estimate of drug-likeness (QED) is 0.508. The van der Waals surface area contributed by atoms with E-state index in [1.165, 1.54) is 12.3 Å². The smallest absolute Gasteiger partial charge is 0.205 e. The number of aryl methyl sites for hydroxylation is 1. The van der Waals surface area contributed by atoms with Crippen LogP contribution in [0.4, 0.5) is 5.69 Å². The Labute approximate surface area is 118 Å². The molecule has 0 spiro atoms. The molecule has 0 fully saturated rings. The molecule has 0 saturated heterocycles. The number of aromatic nitrogens is 1. The summed E-state index contributed by atoms with van der Waals surface area (Å²) in [6.45, 7) is 1.98. The first kappa shape index (κ1) is 14.3. The Bertz CT molecular complexity index is 661. The topological polar surface area (TPSA) is 103 Å². The minimum Gasteiger partial charge on any atom is -0.504 e. The molecule has 2 aromatic rings. The molecule has 6 nitrogen and oxygen atoms in total. The van der Waals surface area contributed by atoms with Crippen LogP contribution in [-0.4, -0.2) is 24.0 Å². The summed E-state index contributed by atoms with van der Waals surface area (Å²) in [5.74, 6) is -0.345. The van der Waals surface area contributed by atoms with E-state index in [1.807, 2.05) is 0 Å². The van der Waals surface area contributed by atoms with Crippen molar-refractivity contribution in [3.8, 4) is 11.5 Å². The number of phenols is 2. The average Bonchev–Trinajstić information content (AvgIpc) is 2.40. The Morgan fingerprint density at radius 2 is 2.10 bits per heavy atom. The maximum Gasteiger partial charge on any atom is 0.205 e. The van der Waals surface area contributed by atoms with Gasteiger partial charge in [-0.3, -0.25) is 0 Å². The molecular weight excluding hydrogens is 280 g/mol. The van der Waals surface area contributed by atoms with Crippen molar-refractivity contribution in [3.63, 3.8) is 0 Å². The maximum atomic E-state index is 11.0. The number of hydrogen-bond donors (Lipinski definition) is 4. The first-order valence-corrected chi connectivity index (χ1v) is 6.91. The van der Waals surface area contributed by atoms with E-state index in [-0.39, 0.29) is 16.5 Å². The lowest BCUT2D eigenvalue weighted by Gasteiger charge is -2.10. The van der Waals surface area contributed by atoms with Crippen LogP contribution < -0.4 is 5.32 Å². The van der Waals surface area contributed by atoms with Crippen LogP contribution in [0.15, 0.2) is 35.5 Å². The highest BCUT2D eigenvalue weighted by molar-refractivity contribution is 7.79. The van der Waals surface area contributed by atoms with Crippen molar-refractivity contribution < 1.29 is 19.0 Å². The number of pyridine rings is 1. The first-order chi connectivity index (χ1) is 9.49.